The van der Waals surface area contributed by atoms with Gasteiger partial charge in [-0.15, -0.1) is 0 Å². The van der Waals surface area contributed by atoms with Crippen LogP contribution in [-0.2, 0) is 25.6 Å². The maximum absolute atomic E-state index is 13.5. The highest BCUT2D eigenvalue weighted by molar-refractivity contribution is 6.23. The standard InChI is InChI=1S/C33H41N3O5/c1-9-27(37)34(8)26-17-30(40)36(33(26)41)32-21(7)13-23(16-25(32)19(4)5)14-22-12-20(6)31(24(15-22)18(2)3)35-28(38)10-11-29(35)39/h10-13,15-16,18-19,26,28,38H,9,14,17H2,1-8H3/t26-,28?/m0/s1. The zero-order valence-electron chi connectivity index (χ0n) is 25.3. The van der Waals surface area contributed by atoms with Gasteiger partial charge in [-0.05, 0) is 71.6 Å². The van der Waals surface area contributed by atoms with Crippen molar-refractivity contribution in [3.05, 3.63) is 69.8 Å². The van der Waals surface area contributed by atoms with Crippen molar-refractivity contribution < 1.29 is 24.3 Å². The van der Waals surface area contributed by atoms with E-state index in [1.807, 2.05) is 33.8 Å². The minimum absolute atomic E-state index is 0.0207. The lowest BCUT2D eigenvalue weighted by atomic mass is 9.89. The van der Waals surface area contributed by atoms with Crippen molar-refractivity contribution in [3.63, 3.8) is 0 Å². The van der Waals surface area contributed by atoms with Crippen LogP contribution in [0.1, 0.15) is 92.7 Å². The van der Waals surface area contributed by atoms with Gasteiger partial charge in [0.25, 0.3) is 11.8 Å². The van der Waals surface area contributed by atoms with Crippen molar-refractivity contribution >= 4 is 35.0 Å². The first kappa shape index (κ1) is 30.2. The van der Waals surface area contributed by atoms with Crippen molar-refractivity contribution in [2.24, 2.45) is 0 Å². The molecule has 8 heteroatoms. The van der Waals surface area contributed by atoms with Crippen molar-refractivity contribution in [2.75, 3.05) is 16.8 Å². The van der Waals surface area contributed by atoms with Crippen molar-refractivity contribution in [3.8, 4) is 0 Å². The Hall–Kier alpha value is -3.78. The second-order valence-electron chi connectivity index (χ2n) is 11.8. The van der Waals surface area contributed by atoms with Gasteiger partial charge in [0.15, 0.2) is 6.23 Å². The third kappa shape index (κ3) is 5.58. The number of aliphatic hydroxyl groups is 1. The van der Waals surface area contributed by atoms with Crippen LogP contribution in [0.25, 0.3) is 0 Å². The predicted molar refractivity (Wildman–Crippen MR) is 160 cm³/mol. The number of nitrogens with zero attached hydrogens (tertiary/aromatic N) is 3. The van der Waals surface area contributed by atoms with Gasteiger partial charge in [0.05, 0.1) is 17.8 Å². The smallest absolute Gasteiger partial charge is 0.257 e. The summed E-state index contributed by atoms with van der Waals surface area (Å²) < 4.78 is 0. The van der Waals surface area contributed by atoms with Gasteiger partial charge < -0.3 is 10.0 Å². The molecule has 1 unspecified atom stereocenters. The number of rotatable bonds is 8. The molecule has 1 saturated heterocycles. The van der Waals surface area contributed by atoms with Gasteiger partial charge in [-0.3, -0.25) is 24.1 Å². The van der Waals surface area contributed by atoms with Crippen LogP contribution in [0.15, 0.2) is 36.4 Å². The van der Waals surface area contributed by atoms with E-state index in [2.05, 4.69) is 32.0 Å². The molecule has 0 aliphatic carbocycles. The minimum Gasteiger partial charge on any atom is -0.369 e. The Morgan fingerprint density at radius 3 is 1.98 bits per heavy atom. The molecule has 2 aliphatic heterocycles. The minimum atomic E-state index is -0.983. The Morgan fingerprint density at radius 1 is 0.951 bits per heavy atom. The number of carbonyl (C=O) groups excluding carboxylic acids is 4. The monoisotopic (exact) mass is 559 g/mol. The average Bonchev–Trinajstić information content (AvgIpc) is 3.39. The number of amides is 4. The first-order valence-corrected chi connectivity index (χ1v) is 14.3. The van der Waals surface area contributed by atoms with Gasteiger partial charge in [0.2, 0.25) is 11.8 Å². The summed E-state index contributed by atoms with van der Waals surface area (Å²) >= 11 is 0. The van der Waals surface area contributed by atoms with E-state index in [9.17, 15) is 24.3 Å². The highest BCUT2D eigenvalue weighted by Gasteiger charge is 2.44. The van der Waals surface area contributed by atoms with Gasteiger partial charge in [0.1, 0.15) is 6.04 Å². The number of hydrogen-bond donors (Lipinski definition) is 1. The van der Waals surface area contributed by atoms with Gasteiger partial charge in [-0.25, -0.2) is 4.90 Å². The molecule has 2 aliphatic rings. The fraction of sp³-hybridized carbons (Fsp3) is 0.455. The number of aliphatic hydroxyl groups excluding tert-OH is 1. The number of anilines is 2. The van der Waals surface area contributed by atoms with Crippen LogP contribution < -0.4 is 9.80 Å². The summed E-state index contributed by atoms with van der Waals surface area (Å²) in [5.74, 6) is -0.897. The lowest BCUT2D eigenvalue weighted by Gasteiger charge is -2.28. The molecule has 218 valence electrons. The molecule has 8 nitrogen and oxygen atoms in total. The maximum Gasteiger partial charge on any atom is 0.257 e. The molecule has 0 aromatic heterocycles. The molecule has 2 aromatic carbocycles. The predicted octanol–water partition coefficient (Wildman–Crippen LogP) is 4.86. The highest BCUT2D eigenvalue weighted by atomic mass is 16.3. The van der Waals surface area contributed by atoms with E-state index in [0.29, 0.717) is 12.1 Å². The van der Waals surface area contributed by atoms with Crippen LogP contribution in [0.3, 0.4) is 0 Å². The maximum atomic E-state index is 13.5. The molecule has 2 heterocycles. The van der Waals surface area contributed by atoms with E-state index in [1.54, 1.807) is 14.0 Å². The number of imide groups is 1. The summed E-state index contributed by atoms with van der Waals surface area (Å²) in [7, 11) is 1.58. The summed E-state index contributed by atoms with van der Waals surface area (Å²) in [5, 5.41) is 10.4. The zero-order chi connectivity index (χ0) is 30.3. The lowest BCUT2D eigenvalue weighted by Crippen LogP contribution is -2.43. The highest BCUT2D eigenvalue weighted by Crippen LogP contribution is 2.38. The number of likely N-dealkylation sites (N-methyl/N-ethyl adjacent to an activating group) is 1. The molecule has 2 atom stereocenters. The Bertz CT molecular complexity index is 1440. The molecular formula is C33H41N3O5. The third-order valence-electron chi connectivity index (χ3n) is 8.10. The Labute approximate surface area is 242 Å². The fourth-order valence-electron chi connectivity index (χ4n) is 6.01. The summed E-state index contributed by atoms with van der Waals surface area (Å²) in [6, 6.07) is 7.45. The van der Waals surface area contributed by atoms with E-state index in [4.69, 9.17) is 0 Å². The van der Waals surface area contributed by atoms with Crippen molar-refractivity contribution in [1.29, 1.82) is 0 Å². The molecule has 4 amide bonds. The molecule has 0 radical (unpaired) electrons. The molecule has 1 N–H and O–H groups in total. The van der Waals surface area contributed by atoms with E-state index >= 15 is 0 Å². The van der Waals surface area contributed by atoms with Crippen LogP contribution in [0.4, 0.5) is 11.4 Å². The molecule has 41 heavy (non-hydrogen) atoms. The number of benzene rings is 2. The van der Waals surface area contributed by atoms with E-state index in [-0.39, 0.29) is 48.3 Å². The van der Waals surface area contributed by atoms with E-state index in [1.165, 1.54) is 26.9 Å². The van der Waals surface area contributed by atoms with Gasteiger partial charge in [0, 0.05) is 19.5 Å². The van der Waals surface area contributed by atoms with Crippen LogP contribution >= 0.6 is 0 Å². The summed E-state index contributed by atoms with van der Waals surface area (Å²) in [6.07, 6.45) is 2.78. The summed E-state index contributed by atoms with van der Waals surface area (Å²) in [6.45, 7) is 13.8. The SMILES string of the molecule is CCC(=O)N(C)[C@H]1CC(=O)N(c2c(C)cc(Cc3cc(C)c(N4C(=O)C=CC4O)c(C(C)C)c3)cc2C(C)C)C1=O. The van der Waals surface area contributed by atoms with E-state index in [0.717, 1.165) is 39.1 Å². The molecule has 2 aromatic rings. The average molecular weight is 560 g/mol. The molecule has 4 rings (SSSR count). The van der Waals surface area contributed by atoms with E-state index < -0.39 is 12.3 Å². The molecule has 0 spiro atoms. The molecule has 0 saturated carbocycles. The topological polar surface area (TPSA) is 98.2 Å². The van der Waals surface area contributed by atoms with Crippen LogP contribution in [-0.4, -0.2) is 53.0 Å². The second kappa shape index (κ2) is 11.6. The number of carbonyl (C=O) groups is 4. The normalized spacial score (nSPS) is 19.0. The van der Waals surface area contributed by atoms with Crippen LogP contribution in [0.5, 0.6) is 0 Å². The summed E-state index contributed by atoms with van der Waals surface area (Å²) in [5.41, 5.74) is 7.09. The molecule has 1 fully saturated rings. The van der Waals surface area contributed by atoms with Gasteiger partial charge in [-0.1, -0.05) is 58.9 Å². The van der Waals surface area contributed by atoms with Crippen molar-refractivity contribution in [1.82, 2.24) is 4.90 Å². The Kier molecular flexibility index (Phi) is 8.54. The van der Waals surface area contributed by atoms with Gasteiger partial charge in [-0.2, -0.15) is 0 Å². The fourth-order valence-corrected chi connectivity index (χ4v) is 6.01. The van der Waals surface area contributed by atoms with Crippen molar-refractivity contribution in [2.45, 2.75) is 91.8 Å². The quantitative estimate of drug-likeness (QED) is 0.466. The zero-order valence-corrected chi connectivity index (χ0v) is 25.3. The second-order valence-corrected chi connectivity index (χ2v) is 11.8. The molecular weight excluding hydrogens is 518 g/mol. The number of hydrogen-bond acceptors (Lipinski definition) is 5. The first-order chi connectivity index (χ1) is 19.3. The number of aryl methyl sites for hydroxylation is 2. The Morgan fingerprint density at radius 2 is 1.49 bits per heavy atom. The lowest BCUT2D eigenvalue weighted by molar-refractivity contribution is -0.136. The molecule has 0 bridgehead atoms. The van der Waals surface area contributed by atoms with Crippen LogP contribution in [0, 0.1) is 13.8 Å². The van der Waals surface area contributed by atoms with Crippen LogP contribution in [0.2, 0.25) is 0 Å². The van der Waals surface area contributed by atoms with Gasteiger partial charge >= 0.3 is 0 Å². The third-order valence-corrected chi connectivity index (χ3v) is 8.10. The largest absolute Gasteiger partial charge is 0.369 e. The summed E-state index contributed by atoms with van der Waals surface area (Å²) in [4.78, 5) is 55.5. The first-order valence-electron chi connectivity index (χ1n) is 14.3. The Balaban J connectivity index is 1.71.